The number of thioether (sulfide) groups is 1. The average molecular weight is 916 g/mol. The van der Waals surface area contributed by atoms with Crippen LogP contribution < -0.4 is 37.6 Å². The molecule has 3 heterocycles. The van der Waals surface area contributed by atoms with E-state index in [-0.39, 0.29) is 77.7 Å². The van der Waals surface area contributed by atoms with E-state index < -0.39 is 34.5 Å². The number of nitrogens with two attached hydrogens (primary N) is 1. The lowest BCUT2D eigenvalue weighted by atomic mass is 9.75. The summed E-state index contributed by atoms with van der Waals surface area (Å²) < 4.78 is 43.3. The van der Waals surface area contributed by atoms with E-state index in [1.807, 2.05) is 25.6 Å². The minimum atomic E-state index is -4.82. The van der Waals surface area contributed by atoms with Crippen molar-refractivity contribution < 1.29 is 41.9 Å². The lowest BCUT2D eigenvalue weighted by molar-refractivity contribution is -0.141. The van der Waals surface area contributed by atoms with Crippen molar-refractivity contribution in [3.05, 3.63) is 40.7 Å². The summed E-state index contributed by atoms with van der Waals surface area (Å²) in [6.07, 6.45) is 6.87. The largest absolute Gasteiger partial charge is 0.435 e. The molecule has 1 unspecified atom stereocenters. The van der Waals surface area contributed by atoms with Crippen LogP contribution in [0.5, 0.6) is 0 Å². The molecule has 352 valence electrons. The number of Topliss-reactive ketones (excluding diaryl/α,β-unsaturated/α-hetero) is 1. The van der Waals surface area contributed by atoms with Gasteiger partial charge in [-0.05, 0) is 94.2 Å². The van der Waals surface area contributed by atoms with Crippen LogP contribution in [0.25, 0.3) is 5.69 Å². The zero-order valence-electron chi connectivity index (χ0n) is 36.9. The molecule has 6 amide bonds. The molecule has 3 fully saturated rings. The maximum absolute atomic E-state index is 14.1. The van der Waals surface area contributed by atoms with Crippen molar-refractivity contribution >= 4 is 52.9 Å². The van der Waals surface area contributed by atoms with E-state index in [1.165, 1.54) is 12.1 Å². The molecule has 0 spiro atoms. The first-order valence-electron chi connectivity index (χ1n) is 22.9. The van der Waals surface area contributed by atoms with Gasteiger partial charge in [-0.25, -0.2) is 9.48 Å². The maximum Gasteiger partial charge on any atom is 0.435 e. The van der Waals surface area contributed by atoms with Crippen molar-refractivity contribution in [3.8, 4) is 5.69 Å². The number of unbranched alkanes of at least 4 members (excludes halogenated alkanes) is 5. The molecule has 0 bridgehead atoms. The van der Waals surface area contributed by atoms with Crippen LogP contribution in [-0.2, 0) is 27.0 Å². The smallest absolute Gasteiger partial charge is 0.382 e. The highest BCUT2D eigenvalue weighted by Gasteiger charge is 2.46. The Morgan fingerprint density at radius 3 is 2.11 bits per heavy atom. The van der Waals surface area contributed by atoms with E-state index in [9.17, 15) is 41.9 Å². The molecule has 4 aliphatic rings. The van der Waals surface area contributed by atoms with Crippen molar-refractivity contribution in [2.45, 2.75) is 165 Å². The SMILES string of the molecule is CC1(C)CC(=O)c2c(C(F)(F)F)nn(-c3ccc(C(N)=O)c(NC4CCC(NC(=O)CCCCCNC(=O)CCCCCNC(=O)CCCCC5SC[C@@H]6NC(=O)N[C@H]56)CC4)c3)c2C1. The number of primary amides is 1. The fraction of sp³-hybridized carbons (Fsp3) is 0.667. The number of amides is 6. The highest BCUT2D eigenvalue weighted by molar-refractivity contribution is 8.00. The highest BCUT2D eigenvalue weighted by Crippen LogP contribution is 2.42. The monoisotopic (exact) mass is 915 g/mol. The predicted octanol–water partition coefficient (Wildman–Crippen LogP) is 6.06. The van der Waals surface area contributed by atoms with E-state index in [2.05, 4.69) is 37.0 Å². The quantitative estimate of drug-likeness (QED) is 0.0539. The van der Waals surface area contributed by atoms with Gasteiger partial charge in [0.15, 0.2) is 11.5 Å². The third-order valence-corrected chi connectivity index (χ3v) is 14.2. The molecule has 19 heteroatoms. The molecule has 0 radical (unpaired) electrons. The number of ketones is 1. The molecule has 15 nitrogen and oxygen atoms in total. The molecule has 1 saturated carbocycles. The number of aromatic nitrogens is 2. The first-order valence-corrected chi connectivity index (χ1v) is 24.0. The van der Waals surface area contributed by atoms with Crippen LogP contribution >= 0.6 is 11.8 Å². The van der Waals surface area contributed by atoms with Crippen LogP contribution in [0.4, 0.5) is 23.7 Å². The van der Waals surface area contributed by atoms with Gasteiger partial charge in [-0.15, -0.1) is 0 Å². The Bertz CT molecular complexity index is 2020. The molecule has 64 heavy (non-hydrogen) atoms. The van der Waals surface area contributed by atoms with Gasteiger partial charge in [-0.1, -0.05) is 33.1 Å². The summed E-state index contributed by atoms with van der Waals surface area (Å²) in [6, 6.07) is 4.73. The molecule has 1 aromatic carbocycles. The summed E-state index contributed by atoms with van der Waals surface area (Å²) >= 11 is 1.89. The Morgan fingerprint density at radius 1 is 0.844 bits per heavy atom. The molecule has 2 saturated heterocycles. The zero-order valence-corrected chi connectivity index (χ0v) is 37.7. The molecule has 8 N–H and O–H groups in total. The Hall–Kier alpha value is -4.81. The normalized spacial score (nSPS) is 22.5. The van der Waals surface area contributed by atoms with E-state index in [0.717, 1.165) is 61.8 Å². The van der Waals surface area contributed by atoms with E-state index in [0.29, 0.717) is 75.4 Å². The van der Waals surface area contributed by atoms with Gasteiger partial charge in [0.25, 0.3) is 5.91 Å². The van der Waals surface area contributed by atoms with Gasteiger partial charge in [0.05, 0.1) is 34.6 Å². The molecule has 3 atom stereocenters. The van der Waals surface area contributed by atoms with Crippen LogP contribution in [0.3, 0.4) is 0 Å². The summed E-state index contributed by atoms with van der Waals surface area (Å²) in [5.41, 5.74) is 4.51. The lowest BCUT2D eigenvalue weighted by Crippen LogP contribution is -2.40. The zero-order chi connectivity index (χ0) is 46.0. The first kappa shape index (κ1) is 48.6. The van der Waals surface area contributed by atoms with Crippen molar-refractivity contribution in [2.24, 2.45) is 11.1 Å². The number of nitrogens with one attached hydrogen (secondary N) is 6. The summed E-state index contributed by atoms with van der Waals surface area (Å²) in [5, 5.41) is 22.6. The third-order valence-electron chi connectivity index (χ3n) is 12.7. The number of hydrogen-bond acceptors (Lipinski definition) is 9. The summed E-state index contributed by atoms with van der Waals surface area (Å²) in [6.45, 7) is 4.81. The predicted molar refractivity (Wildman–Crippen MR) is 238 cm³/mol. The number of benzene rings is 1. The van der Waals surface area contributed by atoms with Gasteiger partial charge < -0.3 is 37.6 Å². The standard InChI is InChI=1S/C45H64F3N9O6S/c1-44(2)24-33-39(34(58)25-44)41(45(46,47)48)56-57(33)29-19-20-30(42(49)62)31(23-29)52-27-15-17-28(18-16-27)53-38(61)14-6-4-10-22-50-36(59)12-5-3-9-21-51-37(60)13-8-7-11-35-40-32(26-64-35)54-43(63)55-40/h19-20,23,27-28,32,35,40,52H,3-18,21-22,24-26H2,1-2H3,(H2,49,62)(H,50,59)(H,51,60)(H,53,61)(H2,54,55,63)/t27?,28?,32-,35?,40-/m0/s1. The second-order valence-electron chi connectivity index (χ2n) is 18.6. The van der Waals surface area contributed by atoms with Crippen LogP contribution in [0, 0.1) is 5.41 Å². The number of carbonyl (C=O) groups excluding carboxylic acids is 6. The fourth-order valence-electron chi connectivity index (χ4n) is 9.34. The molecular weight excluding hydrogens is 852 g/mol. The number of halogens is 3. The van der Waals surface area contributed by atoms with Crippen LogP contribution in [0.1, 0.15) is 155 Å². The number of fused-ring (bicyclic) bond motifs is 2. The van der Waals surface area contributed by atoms with E-state index in [4.69, 9.17) is 5.73 Å². The molecule has 6 rings (SSSR count). The van der Waals surface area contributed by atoms with E-state index >= 15 is 0 Å². The summed E-state index contributed by atoms with van der Waals surface area (Å²) in [5.74, 6) is -0.335. The first-order chi connectivity index (χ1) is 30.5. The molecular formula is C45H64F3N9O6S. The van der Waals surface area contributed by atoms with Gasteiger partial charge in [-0.2, -0.15) is 30.0 Å². The van der Waals surface area contributed by atoms with Crippen LogP contribution in [0.15, 0.2) is 18.2 Å². The molecule has 2 aliphatic heterocycles. The van der Waals surface area contributed by atoms with Crippen molar-refractivity contribution in [1.82, 2.24) is 36.4 Å². The average Bonchev–Trinajstić information content (AvgIpc) is 3.92. The van der Waals surface area contributed by atoms with Crippen molar-refractivity contribution in [2.75, 3.05) is 24.2 Å². The second-order valence-corrected chi connectivity index (χ2v) is 19.8. The maximum atomic E-state index is 14.1. The van der Waals surface area contributed by atoms with E-state index in [1.54, 1.807) is 6.07 Å². The van der Waals surface area contributed by atoms with Crippen LogP contribution in [0.2, 0.25) is 0 Å². The van der Waals surface area contributed by atoms with Gasteiger partial charge in [0, 0.05) is 67.5 Å². The van der Waals surface area contributed by atoms with Crippen molar-refractivity contribution in [3.63, 3.8) is 0 Å². The number of alkyl halides is 3. The van der Waals surface area contributed by atoms with Gasteiger partial charge in [-0.3, -0.25) is 24.0 Å². The Labute approximate surface area is 376 Å². The summed E-state index contributed by atoms with van der Waals surface area (Å²) in [7, 11) is 0. The minimum Gasteiger partial charge on any atom is -0.382 e. The Kier molecular flexibility index (Phi) is 16.7. The highest BCUT2D eigenvalue weighted by atomic mass is 32.2. The Balaban J connectivity index is 0.807. The van der Waals surface area contributed by atoms with Gasteiger partial charge in [0.2, 0.25) is 17.7 Å². The Morgan fingerprint density at radius 2 is 1.47 bits per heavy atom. The number of nitrogens with zero attached hydrogens (tertiary/aromatic N) is 2. The summed E-state index contributed by atoms with van der Waals surface area (Å²) in [4.78, 5) is 74.1. The molecule has 2 aliphatic carbocycles. The lowest BCUT2D eigenvalue weighted by Gasteiger charge is -2.31. The molecule has 2 aromatic rings. The minimum absolute atomic E-state index is 0.00269. The number of carbonyl (C=O) groups is 6. The molecule has 1 aromatic heterocycles. The van der Waals surface area contributed by atoms with Gasteiger partial charge >= 0.3 is 12.2 Å². The number of urea groups is 1. The number of rotatable bonds is 22. The fourth-order valence-corrected chi connectivity index (χ4v) is 10.9. The third kappa shape index (κ3) is 13.4. The topological polar surface area (TPSA) is 218 Å². The number of anilines is 1. The van der Waals surface area contributed by atoms with Crippen molar-refractivity contribution in [1.29, 1.82) is 0 Å². The second kappa shape index (κ2) is 21.9. The number of hydrogen-bond donors (Lipinski definition) is 7. The van der Waals surface area contributed by atoms with Gasteiger partial charge in [0.1, 0.15) is 0 Å². The van der Waals surface area contributed by atoms with Crippen LogP contribution in [-0.4, -0.2) is 93.5 Å².